The van der Waals surface area contributed by atoms with E-state index in [-0.39, 0.29) is 6.04 Å². The van der Waals surface area contributed by atoms with Crippen molar-refractivity contribution in [1.82, 2.24) is 10.4 Å². The van der Waals surface area contributed by atoms with Gasteiger partial charge in [0.25, 0.3) is 0 Å². The number of pyridine rings is 1. The minimum Gasteiger partial charge on any atom is -0.271 e. The molecular formula is C13H20ClN3. The molecule has 0 aromatic carbocycles. The van der Waals surface area contributed by atoms with E-state index in [2.05, 4.69) is 10.4 Å². The maximum Gasteiger partial charge on any atom is 0.0772 e. The van der Waals surface area contributed by atoms with Gasteiger partial charge in [0.05, 0.1) is 16.8 Å². The number of nitrogens with two attached hydrogens (primary N) is 1. The van der Waals surface area contributed by atoms with Crippen molar-refractivity contribution in [2.45, 2.75) is 44.6 Å². The molecular weight excluding hydrogens is 234 g/mol. The van der Waals surface area contributed by atoms with E-state index < -0.39 is 0 Å². The molecule has 1 aromatic rings. The van der Waals surface area contributed by atoms with Gasteiger partial charge >= 0.3 is 0 Å². The molecule has 1 heterocycles. The molecule has 0 bridgehead atoms. The third-order valence-electron chi connectivity index (χ3n) is 3.61. The number of halogens is 1. The fourth-order valence-corrected chi connectivity index (χ4v) is 2.92. The molecule has 0 saturated heterocycles. The van der Waals surface area contributed by atoms with Crippen molar-refractivity contribution in [3.63, 3.8) is 0 Å². The third kappa shape index (κ3) is 3.41. The Labute approximate surface area is 108 Å². The second-order valence-corrected chi connectivity index (χ2v) is 5.24. The Morgan fingerprint density at radius 3 is 2.82 bits per heavy atom. The number of nitrogens with zero attached hydrogens (tertiary/aromatic N) is 1. The lowest BCUT2D eigenvalue weighted by Crippen LogP contribution is -2.31. The maximum absolute atomic E-state index is 6.16. The van der Waals surface area contributed by atoms with Crippen LogP contribution in [-0.4, -0.2) is 4.98 Å². The van der Waals surface area contributed by atoms with Crippen molar-refractivity contribution in [3.8, 4) is 0 Å². The minimum atomic E-state index is 0.0757. The van der Waals surface area contributed by atoms with Crippen LogP contribution >= 0.6 is 11.6 Å². The van der Waals surface area contributed by atoms with Crippen LogP contribution < -0.4 is 11.3 Å². The first kappa shape index (κ1) is 12.8. The summed E-state index contributed by atoms with van der Waals surface area (Å²) in [6, 6.07) is 3.79. The smallest absolute Gasteiger partial charge is 0.0772 e. The molecule has 3 nitrogen and oxygen atoms in total. The van der Waals surface area contributed by atoms with Gasteiger partial charge in [-0.05, 0) is 24.5 Å². The second kappa shape index (κ2) is 6.34. The van der Waals surface area contributed by atoms with Crippen LogP contribution in [0.3, 0.4) is 0 Å². The van der Waals surface area contributed by atoms with Gasteiger partial charge in [-0.3, -0.25) is 16.3 Å². The van der Waals surface area contributed by atoms with Gasteiger partial charge in [-0.25, -0.2) is 0 Å². The lowest BCUT2D eigenvalue weighted by atomic mass is 9.84. The summed E-state index contributed by atoms with van der Waals surface area (Å²) in [5.41, 5.74) is 3.74. The van der Waals surface area contributed by atoms with E-state index in [9.17, 15) is 0 Å². The molecule has 0 amide bonds. The molecule has 1 aliphatic carbocycles. The van der Waals surface area contributed by atoms with Crippen molar-refractivity contribution in [2.24, 2.45) is 11.8 Å². The zero-order valence-corrected chi connectivity index (χ0v) is 10.8. The molecule has 94 valence electrons. The molecule has 17 heavy (non-hydrogen) atoms. The van der Waals surface area contributed by atoms with E-state index in [0.717, 1.165) is 18.0 Å². The Balaban J connectivity index is 2.03. The fourth-order valence-electron chi connectivity index (χ4n) is 2.67. The molecule has 4 heteroatoms. The largest absolute Gasteiger partial charge is 0.271 e. The number of nitrogens with one attached hydrogen (secondary N) is 1. The van der Waals surface area contributed by atoms with Crippen LogP contribution in [0.5, 0.6) is 0 Å². The zero-order chi connectivity index (χ0) is 12.1. The van der Waals surface area contributed by atoms with Crippen molar-refractivity contribution >= 4 is 11.6 Å². The number of hydrazine groups is 1. The molecule has 2 rings (SSSR count). The van der Waals surface area contributed by atoms with E-state index in [1.54, 1.807) is 6.20 Å². The van der Waals surface area contributed by atoms with Gasteiger partial charge in [0, 0.05) is 6.20 Å². The molecule has 1 fully saturated rings. The van der Waals surface area contributed by atoms with E-state index in [1.807, 2.05) is 12.1 Å². The summed E-state index contributed by atoms with van der Waals surface area (Å²) >= 11 is 6.16. The fraction of sp³-hybridized carbons (Fsp3) is 0.615. The number of hydrogen-bond donors (Lipinski definition) is 2. The van der Waals surface area contributed by atoms with Crippen molar-refractivity contribution in [3.05, 3.63) is 29.0 Å². The van der Waals surface area contributed by atoms with Gasteiger partial charge in [-0.2, -0.15) is 0 Å². The molecule has 0 spiro atoms. The van der Waals surface area contributed by atoms with E-state index in [1.165, 1.54) is 32.1 Å². The van der Waals surface area contributed by atoms with Crippen molar-refractivity contribution in [2.75, 3.05) is 0 Å². The van der Waals surface area contributed by atoms with Crippen LogP contribution in [0.2, 0.25) is 5.02 Å². The monoisotopic (exact) mass is 253 g/mol. The van der Waals surface area contributed by atoms with E-state index in [4.69, 9.17) is 17.4 Å². The summed E-state index contributed by atoms with van der Waals surface area (Å²) in [4.78, 5) is 4.34. The summed E-state index contributed by atoms with van der Waals surface area (Å²) in [5, 5.41) is 0.700. The lowest BCUT2D eigenvalue weighted by Gasteiger charge is -2.26. The van der Waals surface area contributed by atoms with E-state index >= 15 is 0 Å². The van der Waals surface area contributed by atoms with Crippen LogP contribution in [0.1, 0.15) is 50.3 Å². The van der Waals surface area contributed by atoms with E-state index in [0.29, 0.717) is 5.02 Å². The Kier molecular flexibility index (Phi) is 4.77. The van der Waals surface area contributed by atoms with Crippen LogP contribution in [-0.2, 0) is 0 Å². The molecule has 1 saturated carbocycles. The first-order valence-corrected chi connectivity index (χ1v) is 6.75. The number of hydrogen-bond acceptors (Lipinski definition) is 3. The summed E-state index contributed by atoms with van der Waals surface area (Å²) in [7, 11) is 0. The molecule has 1 unspecified atom stereocenters. The molecule has 0 aliphatic heterocycles. The summed E-state index contributed by atoms with van der Waals surface area (Å²) < 4.78 is 0. The van der Waals surface area contributed by atoms with Crippen LogP contribution in [0.25, 0.3) is 0 Å². The van der Waals surface area contributed by atoms with Crippen LogP contribution in [0, 0.1) is 5.92 Å². The molecule has 1 aromatic heterocycles. The third-order valence-corrected chi connectivity index (χ3v) is 3.93. The van der Waals surface area contributed by atoms with Gasteiger partial charge in [0.2, 0.25) is 0 Å². The Morgan fingerprint density at radius 2 is 2.18 bits per heavy atom. The highest BCUT2D eigenvalue weighted by atomic mass is 35.5. The van der Waals surface area contributed by atoms with Gasteiger partial charge < -0.3 is 0 Å². The second-order valence-electron chi connectivity index (χ2n) is 4.83. The molecule has 3 N–H and O–H groups in total. The standard InChI is InChI=1S/C13H20ClN3/c14-11-7-4-8-16-13(11)12(17-15)9-10-5-2-1-3-6-10/h4,7-8,10,12,17H,1-3,5-6,9,15H2. The van der Waals surface area contributed by atoms with Gasteiger partial charge in [-0.15, -0.1) is 0 Å². The highest BCUT2D eigenvalue weighted by Gasteiger charge is 2.21. The van der Waals surface area contributed by atoms with Crippen molar-refractivity contribution < 1.29 is 0 Å². The predicted octanol–water partition coefficient (Wildman–Crippen LogP) is 3.21. The quantitative estimate of drug-likeness (QED) is 0.640. The Hall–Kier alpha value is -0.640. The van der Waals surface area contributed by atoms with Gasteiger partial charge in [0.15, 0.2) is 0 Å². The highest BCUT2D eigenvalue weighted by molar-refractivity contribution is 6.31. The summed E-state index contributed by atoms with van der Waals surface area (Å²) in [6.07, 6.45) is 9.49. The summed E-state index contributed by atoms with van der Waals surface area (Å²) in [6.45, 7) is 0. The maximum atomic E-state index is 6.16. The average molecular weight is 254 g/mol. The topological polar surface area (TPSA) is 50.9 Å². The predicted molar refractivity (Wildman–Crippen MR) is 70.5 cm³/mol. The average Bonchev–Trinajstić information content (AvgIpc) is 2.38. The van der Waals surface area contributed by atoms with Gasteiger partial charge in [-0.1, -0.05) is 43.7 Å². The highest BCUT2D eigenvalue weighted by Crippen LogP contribution is 2.32. The Bertz CT molecular complexity index is 350. The zero-order valence-electron chi connectivity index (χ0n) is 10.0. The molecule has 0 radical (unpaired) electrons. The normalized spacial score (nSPS) is 19.2. The Morgan fingerprint density at radius 1 is 1.41 bits per heavy atom. The lowest BCUT2D eigenvalue weighted by molar-refractivity contribution is 0.299. The van der Waals surface area contributed by atoms with Gasteiger partial charge in [0.1, 0.15) is 0 Å². The number of rotatable bonds is 4. The van der Waals surface area contributed by atoms with Crippen LogP contribution in [0.15, 0.2) is 18.3 Å². The summed E-state index contributed by atoms with van der Waals surface area (Å²) in [5.74, 6) is 6.39. The first-order chi connectivity index (χ1) is 8.31. The van der Waals surface area contributed by atoms with Crippen LogP contribution in [0.4, 0.5) is 0 Å². The molecule has 1 aliphatic rings. The molecule has 1 atom stereocenters. The number of aromatic nitrogens is 1. The SMILES string of the molecule is NNC(CC1CCCCC1)c1ncccc1Cl. The first-order valence-electron chi connectivity index (χ1n) is 6.38. The minimum absolute atomic E-state index is 0.0757. The van der Waals surface area contributed by atoms with Crippen molar-refractivity contribution in [1.29, 1.82) is 0 Å².